The molecular formula is C16H20Cl2O4Zr. The van der Waals surface area contributed by atoms with Crippen molar-refractivity contribution in [1.82, 2.24) is 0 Å². The minimum atomic E-state index is -0.0834. The van der Waals surface area contributed by atoms with Crippen molar-refractivity contribution < 1.29 is 45.9 Å². The van der Waals surface area contributed by atoms with Crippen LogP contribution >= 0.6 is 23.2 Å². The molecule has 0 aliphatic heterocycles. The van der Waals surface area contributed by atoms with Gasteiger partial charge in [-0.1, -0.05) is 30.1 Å². The van der Waals surface area contributed by atoms with Crippen molar-refractivity contribution in [3.05, 3.63) is 44.9 Å². The summed E-state index contributed by atoms with van der Waals surface area (Å²) in [6.45, 7) is 2.35. The molecule has 23 heavy (non-hydrogen) atoms. The molecule has 0 radical (unpaired) electrons. The Morgan fingerprint density at radius 1 is 0.957 bits per heavy atom. The van der Waals surface area contributed by atoms with Crippen LogP contribution in [0.4, 0.5) is 0 Å². The molecule has 0 saturated heterocycles. The van der Waals surface area contributed by atoms with E-state index in [0.29, 0.717) is 34.4 Å². The van der Waals surface area contributed by atoms with E-state index in [2.05, 4.69) is 0 Å². The molecule has 2 aliphatic rings. The zero-order chi connectivity index (χ0) is 16.1. The van der Waals surface area contributed by atoms with Gasteiger partial charge < -0.3 is 19.7 Å². The van der Waals surface area contributed by atoms with E-state index in [1.165, 1.54) is 0 Å². The number of rotatable bonds is 8. The standard InChI is InChI=1S/C16H20Cl2O4.Zr/c1-10(15-11(17)2-4-13(15)21-8-6-19)16-12(18)3-5-14(16)22-9-7-20;/h4-5,10,19-20H,2-3,6-9H2,1H3;. The third-order valence-electron chi connectivity index (χ3n) is 3.61. The number of halogens is 2. The zero-order valence-electron chi connectivity index (χ0n) is 12.9. The van der Waals surface area contributed by atoms with Crippen LogP contribution in [0.3, 0.4) is 0 Å². The first kappa shape index (κ1) is 21.0. The average Bonchev–Trinajstić information content (AvgIpc) is 3.05. The molecule has 0 heterocycles. The Kier molecular flexibility index (Phi) is 9.17. The van der Waals surface area contributed by atoms with Crippen molar-refractivity contribution in [2.24, 2.45) is 5.92 Å². The fraction of sp³-hybridized carbons (Fsp3) is 0.500. The van der Waals surface area contributed by atoms with Gasteiger partial charge in [0.1, 0.15) is 24.7 Å². The number of hydrogen-bond acceptors (Lipinski definition) is 4. The van der Waals surface area contributed by atoms with Crippen molar-refractivity contribution in [2.75, 3.05) is 26.4 Å². The van der Waals surface area contributed by atoms with Gasteiger partial charge in [0.15, 0.2) is 0 Å². The second-order valence-corrected chi connectivity index (χ2v) is 5.96. The molecule has 0 aromatic carbocycles. The van der Waals surface area contributed by atoms with Crippen LogP contribution in [-0.2, 0) is 35.7 Å². The van der Waals surface area contributed by atoms with E-state index in [1.54, 1.807) is 0 Å². The summed E-state index contributed by atoms with van der Waals surface area (Å²) in [4.78, 5) is 0. The summed E-state index contributed by atoms with van der Waals surface area (Å²) in [6.07, 6.45) is 5.04. The number of ether oxygens (including phenoxy) is 2. The molecule has 0 unspecified atom stereocenters. The van der Waals surface area contributed by atoms with E-state index < -0.39 is 0 Å². The zero-order valence-corrected chi connectivity index (χ0v) is 16.9. The maximum atomic E-state index is 8.93. The van der Waals surface area contributed by atoms with Crippen LogP contribution in [0.2, 0.25) is 0 Å². The normalized spacial score (nSPS) is 17.5. The third kappa shape index (κ3) is 4.96. The molecule has 2 N–H and O–H groups in total. The Morgan fingerprint density at radius 3 is 1.70 bits per heavy atom. The fourth-order valence-corrected chi connectivity index (χ4v) is 3.37. The van der Waals surface area contributed by atoms with E-state index in [1.807, 2.05) is 19.1 Å². The van der Waals surface area contributed by atoms with E-state index in [4.69, 9.17) is 42.9 Å². The predicted molar refractivity (Wildman–Crippen MR) is 86.4 cm³/mol. The van der Waals surface area contributed by atoms with E-state index in [-0.39, 0.29) is 58.5 Å². The van der Waals surface area contributed by atoms with Crippen molar-refractivity contribution in [3.8, 4) is 0 Å². The smallest absolute Gasteiger partial charge is 0.120 e. The molecule has 0 aromatic rings. The minimum absolute atomic E-state index is 0. The molecule has 0 atom stereocenters. The van der Waals surface area contributed by atoms with E-state index in [9.17, 15) is 0 Å². The first-order valence-electron chi connectivity index (χ1n) is 7.25. The number of allylic oxidation sites excluding steroid dienone is 6. The summed E-state index contributed by atoms with van der Waals surface area (Å²) < 4.78 is 11.1. The number of aliphatic hydroxyl groups is 2. The van der Waals surface area contributed by atoms with Gasteiger partial charge in [-0.3, -0.25) is 0 Å². The monoisotopic (exact) mass is 436 g/mol. The maximum absolute atomic E-state index is 8.93. The third-order valence-corrected chi connectivity index (χ3v) is 4.33. The van der Waals surface area contributed by atoms with Crippen molar-refractivity contribution in [1.29, 1.82) is 0 Å². The molecule has 2 aliphatic carbocycles. The van der Waals surface area contributed by atoms with Crippen LogP contribution in [0.1, 0.15) is 19.8 Å². The first-order chi connectivity index (χ1) is 10.6. The second-order valence-electron chi connectivity index (χ2n) is 5.05. The molecule has 4 nitrogen and oxygen atoms in total. The molecule has 2 rings (SSSR count). The summed E-state index contributed by atoms with van der Waals surface area (Å²) >= 11 is 12.7. The van der Waals surface area contributed by atoms with Gasteiger partial charge in [-0.2, -0.15) is 0 Å². The summed E-state index contributed by atoms with van der Waals surface area (Å²) in [5, 5.41) is 19.3. The van der Waals surface area contributed by atoms with Crippen molar-refractivity contribution >= 4 is 23.2 Å². The van der Waals surface area contributed by atoms with Crippen LogP contribution in [0, 0.1) is 5.92 Å². The molecule has 0 aromatic heterocycles. The minimum Gasteiger partial charge on any atom is -0.491 e. The average molecular weight is 438 g/mol. The Hall–Kier alpha value is -0.0569. The Labute approximate surface area is 165 Å². The topological polar surface area (TPSA) is 58.9 Å². The van der Waals surface area contributed by atoms with Gasteiger partial charge in [0.25, 0.3) is 0 Å². The molecule has 0 amide bonds. The van der Waals surface area contributed by atoms with Gasteiger partial charge in [0.05, 0.1) is 13.2 Å². The molecule has 126 valence electrons. The van der Waals surface area contributed by atoms with Gasteiger partial charge in [0, 0.05) is 66.2 Å². The largest absolute Gasteiger partial charge is 0.491 e. The molecule has 0 fully saturated rings. The van der Waals surface area contributed by atoms with Gasteiger partial charge >= 0.3 is 0 Å². The van der Waals surface area contributed by atoms with Crippen molar-refractivity contribution in [3.63, 3.8) is 0 Å². The Bertz CT molecular complexity index is 504. The second kappa shape index (κ2) is 10.1. The SMILES string of the molecule is CC(C1=C(Cl)CC=C1OCCO)C1=C(Cl)CC=C1OCCO.[Zr]. The summed E-state index contributed by atoms with van der Waals surface area (Å²) in [5.41, 5.74) is 1.76. The first-order valence-corrected chi connectivity index (χ1v) is 8.01. The van der Waals surface area contributed by atoms with Crippen molar-refractivity contribution in [2.45, 2.75) is 19.8 Å². The van der Waals surface area contributed by atoms with Gasteiger partial charge in [-0.25, -0.2) is 0 Å². The molecular weight excluding hydrogens is 418 g/mol. The van der Waals surface area contributed by atoms with Crippen LogP contribution in [0.15, 0.2) is 44.9 Å². The Balaban J connectivity index is 0.00000264. The quantitative estimate of drug-likeness (QED) is 0.611. The van der Waals surface area contributed by atoms with Crippen LogP contribution in [0.25, 0.3) is 0 Å². The van der Waals surface area contributed by atoms with Gasteiger partial charge in [0.2, 0.25) is 0 Å². The maximum Gasteiger partial charge on any atom is 0.120 e. The van der Waals surface area contributed by atoms with E-state index in [0.717, 1.165) is 11.1 Å². The summed E-state index contributed by atoms with van der Waals surface area (Å²) in [6, 6.07) is 0. The predicted octanol–water partition coefficient (Wildman–Crippen LogP) is 3.20. The molecule has 0 spiro atoms. The van der Waals surface area contributed by atoms with Gasteiger partial charge in [-0.05, 0) is 12.2 Å². The van der Waals surface area contributed by atoms with E-state index >= 15 is 0 Å². The molecule has 0 bridgehead atoms. The summed E-state index contributed by atoms with van der Waals surface area (Å²) in [7, 11) is 0. The Morgan fingerprint density at radius 2 is 1.35 bits per heavy atom. The number of aliphatic hydroxyl groups excluding tert-OH is 2. The van der Waals surface area contributed by atoms with Crippen LogP contribution < -0.4 is 0 Å². The number of hydrogen-bond donors (Lipinski definition) is 2. The fourth-order valence-electron chi connectivity index (χ4n) is 2.70. The van der Waals surface area contributed by atoms with Crippen LogP contribution in [-0.4, -0.2) is 36.6 Å². The molecule has 0 saturated carbocycles. The van der Waals surface area contributed by atoms with Crippen LogP contribution in [0.5, 0.6) is 0 Å². The molecule has 7 heteroatoms. The van der Waals surface area contributed by atoms with Gasteiger partial charge in [-0.15, -0.1) is 0 Å². The summed E-state index contributed by atoms with van der Waals surface area (Å²) in [5.74, 6) is 1.30.